The van der Waals surface area contributed by atoms with E-state index in [4.69, 9.17) is 10.1 Å². The van der Waals surface area contributed by atoms with Crippen LogP contribution >= 0.6 is 0 Å². The molecule has 1 aliphatic rings. The molecule has 7 heteroatoms. The highest BCUT2D eigenvalue weighted by atomic mass is 16.5. The molecule has 182 valence electrons. The van der Waals surface area contributed by atoms with Crippen molar-refractivity contribution in [2.24, 2.45) is 0 Å². The zero-order valence-electron chi connectivity index (χ0n) is 20.9. The summed E-state index contributed by atoms with van der Waals surface area (Å²) >= 11 is 0. The fraction of sp³-hybridized carbons (Fsp3) is 0.357. The standard InChI is InChI=1S/C28H33N5O2/c1-5-32(6-2)28(34)22-12-10-21(11-13-22)23-8-7-9-24(14-23)27(29)25-15-26(31-18-30-25)33-16-19(3)35-20(4)17-33/h7-15,18-20,29H,5-6,16-17H2,1-4H3/t19-,20+. The minimum absolute atomic E-state index is 0.0423. The van der Waals surface area contributed by atoms with E-state index < -0.39 is 0 Å². The smallest absolute Gasteiger partial charge is 0.253 e. The summed E-state index contributed by atoms with van der Waals surface area (Å²) in [4.78, 5) is 25.4. The summed E-state index contributed by atoms with van der Waals surface area (Å²) in [6, 6.07) is 17.4. The number of benzene rings is 2. The highest BCUT2D eigenvalue weighted by molar-refractivity contribution is 6.10. The van der Waals surface area contributed by atoms with Crippen LogP contribution in [-0.2, 0) is 4.74 Å². The minimum atomic E-state index is 0.0423. The van der Waals surface area contributed by atoms with Crippen LogP contribution in [-0.4, -0.2) is 64.9 Å². The first-order valence-electron chi connectivity index (χ1n) is 12.2. The van der Waals surface area contributed by atoms with Crippen LogP contribution in [0.3, 0.4) is 0 Å². The molecule has 0 spiro atoms. The number of carbonyl (C=O) groups excluding carboxylic acids is 1. The Bertz CT molecular complexity index is 1180. The van der Waals surface area contributed by atoms with Gasteiger partial charge in [0, 0.05) is 43.4 Å². The summed E-state index contributed by atoms with van der Waals surface area (Å²) in [5, 5.41) is 8.82. The molecule has 2 aromatic carbocycles. The predicted molar refractivity (Wildman–Crippen MR) is 139 cm³/mol. The van der Waals surface area contributed by atoms with E-state index in [2.05, 4.69) is 28.7 Å². The molecule has 1 saturated heterocycles. The van der Waals surface area contributed by atoms with Gasteiger partial charge in [-0.15, -0.1) is 0 Å². The fourth-order valence-corrected chi connectivity index (χ4v) is 4.52. The second kappa shape index (κ2) is 10.8. The molecule has 1 fully saturated rings. The zero-order chi connectivity index (χ0) is 24.9. The van der Waals surface area contributed by atoms with Gasteiger partial charge in [0.05, 0.1) is 23.6 Å². The minimum Gasteiger partial charge on any atom is -0.372 e. The molecule has 2 atom stereocenters. The van der Waals surface area contributed by atoms with Crippen molar-refractivity contribution in [1.82, 2.24) is 14.9 Å². The molecular weight excluding hydrogens is 438 g/mol. The Morgan fingerprint density at radius 2 is 1.66 bits per heavy atom. The first-order chi connectivity index (χ1) is 16.9. The van der Waals surface area contributed by atoms with Gasteiger partial charge < -0.3 is 14.5 Å². The molecule has 0 aliphatic carbocycles. The Hall–Kier alpha value is -3.58. The van der Waals surface area contributed by atoms with Crippen molar-refractivity contribution in [2.45, 2.75) is 39.9 Å². The van der Waals surface area contributed by atoms with Crippen molar-refractivity contribution in [3.63, 3.8) is 0 Å². The lowest BCUT2D eigenvalue weighted by atomic mass is 9.98. The van der Waals surface area contributed by atoms with E-state index in [-0.39, 0.29) is 18.1 Å². The van der Waals surface area contributed by atoms with Gasteiger partial charge in [-0.2, -0.15) is 0 Å². The summed E-state index contributed by atoms with van der Waals surface area (Å²) in [7, 11) is 0. The van der Waals surface area contributed by atoms with Crippen molar-refractivity contribution in [3.05, 3.63) is 77.7 Å². The van der Waals surface area contributed by atoms with E-state index in [0.717, 1.165) is 35.6 Å². The molecule has 1 N–H and O–H groups in total. The molecule has 0 unspecified atom stereocenters. The highest BCUT2D eigenvalue weighted by Gasteiger charge is 2.24. The van der Waals surface area contributed by atoms with E-state index in [1.807, 2.05) is 73.3 Å². The summed E-state index contributed by atoms with van der Waals surface area (Å²) in [5.74, 6) is 0.854. The van der Waals surface area contributed by atoms with Crippen LogP contribution in [0.5, 0.6) is 0 Å². The third kappa shape index (κ3) is 5.57. The van der Waals surface area contributed by atoms with Crippen molar-refractivity contribution in [1.29, 1.82) is 5.41 Å². The Kier molecular flexibility index (Phi) is 7.56. The first-order valence-corrected chi connectivity index (χ1v) is 12.2. The second-order valence-corrected chi connectivity index (χ2v) is 8.93. The normalized spacial score (nSPS) is 17.8. The molecule has 0 radical (unpaired) electrons. The zero-order valence-corrected chi connectivity index (χ0v) is 20.9. The van der Waals surface area contributed by atoms with Crippen LogP contribution in [0, 0.1) is 5.41 Å². The van der Waals surface area contributed by atoms with E-state index >= 15 is 0 Å². The van der Waals surface area contributed by atoms with Gasteiger partial charge in [-0.25, -0.2) is 9.97 Å². The average Bonchev–Trinajstić information content (AvgIpc) is 2.88. The van der Waals surface area contributed by atoms with Crippen LogP contribution in [0.25, 0.3) is 11.1 Å². The van der Waals surface area contributed by atoms with Crippen molar-refractivity contribution >= 4 is 17.4 Å². The predicted octanol–water partition coefficient (Wildman–Crippen LogP) is 4.66. The van der Waals surface area contributed by atoms with Crippen molar-refractivity contribution in [3.8, 4) is 11.1 Å². The number of rotatable bonds is 7. The number of nitrogens with one attached hydrogen (secondary N) is 1. The van der Waals surface area contributed by atoms with Crippen molar-refractivity contribution in [2.75, 3.05) is 31.1 Å². The molecule has 0 saturated carbocycles. The van der Waals surface area contributed by atoms with Gasteiger partial charge in [0.25, 0.3) is 5.91 Å². The molecule has 7 nitrogen and oxygen atoms in total. The molecule has 1 amide bonds. The Morgan fingerprint density at radius 3 is 2.31 bits per heavy atom. The van der Waals surface area contributed by atoms with Gasteiger partial charge in [0.1, 0.15) is 12.1 Å². The summed E-state index contributed by atoms with van der Waals surface area (Å²) in [6.45, 7) is 11.0. The van der Waals surface area contributed by atoms with E-state index in [1.54, 1.807) is 0 Å². The monoisotopic (exact) mass is 471 g/mol. The van der Waals surface area contributed by atoms with Crippen LogP contribution < -0.4 is 4.90 Å². The Labute approximate surface area is 207 Å². The van der Waals surface area contributed by atoms with Gasteiger partial charge in [0.2, 0.25) is 0 Å². The molecule has 4 rings (SSSR count). The summed E-state index contributed by atoms with van der Waals surface area (Å²) < 4.78 is 5.84. The topological polar surface area (TPSA) is 82.4 Å². The largest absolute Gasteiger partial charge is 0.372 e. The maximum absolute atomic E-state index is 12.6. The van der Waals surface area contributed by atoms with Gasteiger partial charge in [-0.05, 0) is 57.0 Å². The number of hydrogen-bond donors (Lipinski definition) is 1. The summed E-state index contributed by atoms with van der Waals surface area (Å²) in [5.41, 5.74) is 4.37. The maximum atomic E-state index is 12.6. The van der Waals surface area contributed by atoms with Crippen LogP contribution in [0.1, 0.15) is 49.3 Å². The molecular formula is C28H33N5O2. The third-order valence-electron chi connectivity index (χ3n) is 6.32. The number of ether oxygens (including phenoxy) is 1. The maximum Gasteiger partial charge on any atom is 0.253 e. The fourth-order valence-electron chi connectivity index (χ4n) is 4.52. The van der Waals surface area contributed by atoms with Gasteiger partial charge >= 0.3 is 0 Å². The number of hydrogen-bond acceptors (Lipinski definition) is 6. The van der Waals surface area contributed by atoms with E-state index in [0.29, 0.717) is 30.1 Å². The Balaban J connectivity index is 1.54. The number of anilines is 1. The number of nitrogens with zero attached hydrogens (tertiary/aromatic N) is 4. The van der Waals surface area contributed by atoms with Gasteiger partial charge in [0.15, 0.2) is 0 Å². The quantitative estimate of drug-likeness (QED) is 0.507. The summed E-state index contributed by atoms with van der Waals surface area (Å²) in [6.07, 6.45) is 1.78. The van der Waals surface area contributed by atoms with Gasteiger partial charge in [-0.1, -0.05) is 30.3 Å². The number of amides is 1. The third-order valence-corrected chi connectivity index (χ3v) is 6.32. The average molecular weight is 472 g/mol. The molecule has 1 aliphatic heterocycles. The lowest BCUT2D eigenvalue weighted by Gasteiger charge is -2.36. The molecule has 2 heterocycles. The highest BCUT2D eigenvalue weighted by Crippen LogP contribution is 2.24. The molecule has 0 bridgehead atoms. The van der Waals surface area contributed by atoms with Crippen molar-refractivity contribution < 1.29 is 9.53 Å². The Morgan fingerprint density at radius 1 is 0.971 bits per heavy atom. The first kappa shape index (κ1) is 24.5. The van der Waals surface area contributed by atoms with Crippen LogP contribution in [0.4, 0.5) is 5.82 Å². The number of carbonyl (C=O) groups is 1. The van der Waals surface area contributed by atoms with Crippen LogP contribution in [0.2, 0.25) is 0 Å². The number of aromatic nitrogens is 2. The molecule has 1 aromatic heterocycles. The molecule has 3 aromatic rings. The van der Waals surface area contributed by atoms with E-state index in [9.17, 15) is 4.79 Å². The van der Waals surface area contributed by atoms with Gasteiger partial charge in [-0.3, -0.25) is 10.2 Å². The van der Waals surface area contributed by atoms with Crippen LogP contribution in [0.15, 0.2) is 60.9 Å². The number of morpholine rings is 1. The van der Waals surface area contributed by atoms with E-state index in [1.165, 1.54) is 6.33 Å². The second-order valence-electron chi connectivity index (χ2n) is 8.93. The molecule has 35 heavy (non-hydrogen) atoms. The SMILES string of the molecule is CCN(CC)C(=O)c1ccc(-c2cccc(C(=N)c3cc(N4C[C@@H](C)O[C@@H](C)C4)ncn3)c2)cc1. The lowest BCUT2D eigenvalue weighted by molar-refractivity contribution is -0.00547. The lowest BCUT2D eigenvalue weighted by Crippen LogP contribution is -2.45.